The second-order valence-corrected chi connectivity index (χ2v) is 4.53. The Labute approximate surface area is 107 Å². The molecule has 0 fully saturated rings. The topological polar surface area (TPSA) is 35.5 Å². The Morgan fingerprint density at radius 2 is 2.00 bits per heavy atom. The number of halogens is 1. The second-order valence-electron chi connectivity index (χ2n) is 4.53. The van der Waals surface area contributed by atoms with Gasteiger partial charge in [0.25, 0.3) is 0 Å². The van der Waals surface area contributed by atoms with Crippen LogP contribution in [0.25, 0.3) is 0 Å². The lowest BCUT2D eigenvalue weighted by atomic mass is 9.89. The number of esters is 1. The summed E-state index contributed by atoms with van der Waals surface area (Å²) in [4.78, 5) is 11.2. The van der Waals surface area contributed by atoms with Gasteiger partial charge in [-0.15, -0.1) is 0 Å². The highest BCUT2D eigenvalue weighted by Crippen LogP contribution is 2.31. The molecule has 0 aliphatic rings. The minimum Gasteiger partial charge on any atom is -0.469 e. The van der Waals surface area contributed by atoms with Gasteiger partial charge in [-0.25, -0.2) is 4.39 Å². The summed E-state index contributed by atoms with van der Waals surface area (Å²) in [5, 5.41) is 0. The lowest BCUT2D eigenvalue weighted by molar-refractivity contribution is -0.142. The van der Waals surface area contributed by atoms with Crippen LogP contribution in [0.5, 0.6) is 0 Å². The minimum absolute atomic E-state index is 0.233. The van der Waals surface area contributed by atoms with Crippen molar-refractivity contribution in [2.75, 3.05) is 14.2 Å². The summed E-state index contributed by atoms with van der Waals surface area (Å²) in [6, 6.07) is 4.76. The van der Waals surface area contributed by atoms with Crippen molar-refractivity contribution in [2.24, 2.45) is 0 Å². The molecule has 0 aromatic heterocycles. The van der Waals surface area contributed by atoms with E-state index in [1.807, 2.05) is 19.9 Å². The van der Waals surface area contributed by atoms with Crippen LogP contribution in [0.2, 0.25) is 0 Å². The maximum atomic E-state index is 13.4. The van der Waals surface area contributed by atoms with Gasteiger partial charge in [0.2, 0.25) is 0 Å². The van der Waals surface area contributed by atoms with Crippen molar-refractivity contribution >= 4 is 5.97 Å². The molecule has 1 unspecified atom stereocenters. The monoisotopic (exact) mass is 254 g/mol. The van der Waals surface area contributed by atoms with E-state index in [9.17, 15) is 9.18 Å². The van der Waals surface area contributed by atoms with E-state index in [0.717, 1.165) is 11.1 Å². The van der Waals surface area contributed by atoms with Crippen molar-refractivity contribution in [3.63, 3.8) is 0 Å². The fourth-order valence-corrected chi connectivity index (χ4v) is 1.85. The van der Waals surface area contributed by atoms with Crippen LogP contribution in [0.15, 0.2) is 18.2 Å². The summed E-state index contributed by atoms with van der Waals surface area (Å²) in [6.07, 6.45) is 0.676. The van der Waals surface area contributed by atoms with Crippen LogP contribution in [-0.2, 0) is 19.9 Å². The summed E-state index contributed by atoms with van der Waals surface area (Å²) in [6.45, 7) is 3.66. The minimum atomic E-state index is -0.693. The average molecular weight is 254 g/mol. The van der Waals surface area contributed by atoms with Crippen molar-refractivity contribution in [3.8, 4) is 0 Å². The van der Waals surface area contributed by atoms with Gasteiger partial charge in [-0.3, -0.25) is 4.79 Å². The molecule has 0 aliphatic carbocycles. The van der Waals surface area contributed by atoms with E-state index in [2.05, 4.69) is 4.74 Å². The van der Waals surface area contributed by atoms with Crippen molar-refractivity contribution < 1.29 is 18.7 Å². The van der Waals surface area contributed by atoms with Gasteiger partial charge >= 0.3 is 5.97 Å². The smallest absolute Gasteiger partial charge is 0.305 e. The first-order valence-electron chi connectivity index (χ1n) is 5.81. The molecule has 1 aromatic carbocycles. The molecule has 1 rings (SSSR count). The summed E-state index contributed by atoms with van der Waals surface area (Å²) < 4.78 is 23.5. The van der Waals surface area contributed by atoms with Crippen LogP contribution in [0.4, 0.5) is 4.39 Å². The number of ether oxygens (including phenoxy) is 2. The fourth-order valence-electron chi connectivity index (χ4n) is 1.85. The highest BCUT2D eigenvalue weighted by atomic mass is 19.1. The first-order chi connectivity index (χ1) is 8.41. The highest BCUT2D eigenvalue weighted by molar-refractivity contribution is 5.69. The molecule has 0 heterocycles. The zero-order chi connectivity index (χ0) is 13.8. The average Bonchev–Trinajstić information content (AvgIpc) is 2.34. The lowest BCUT2D eigenvalue weighted by Crippen LogP contribution is -2.26. The van der Waals surface area contributed by atoms with Crippen molar-refractivity contribution in [1.82, 2.24) is 0 Å². The number of carbonyl (C=O) groups is 1. The first-order valence-corrected chi connectivity index (χ1v) is 5.81. The van der Waals surface area contributed by atoms with E-state index in [0.29, 0.717) is 6.42 Å². The molecule has 1 atom stereocenters. The number of rotatable bonds is 5. The van der Waals surface area contributed by atoms with E-state index in [1.165, 1.54) is 19.2 Å². The SMILES string of the molecule is COC(=O)CCC(C)(OC)c1cc(C)cc(F)c1. The van der Waals surface area contributed by atoms with Crippen molar-refractivity contribution in [3.05, 3.63) is 35.1 Å². The lowest BCUT2D eigenvalue weighted by Gasteiger charge is -2.28. The van der Waals surface area contributed by atoms with Gasteiger partial charge in [0.05, 0.1) is 12.7 Å². The first kappa shape index (κ1) is 14.6. The Kier molecular flexibility index (Phi) is 4.84. The number of aryl methyl sites for hydroxylation is 1. The van der Waals surface area contributed by atoms with Gasteiger partial charge in [-0.2, -0.15) is 0 Å². The zero-order valence-electron chi connectivity index (χ0n) is 11.2. The third kappa shape index (κ3) is 3.53. The Morgan fingerprint density at radius 3 is 2.50 bits per heavy atom. The molecule has 0 saturated carbocycles. The molecule has 4 heteroatoms. The zero-order valence-corrected chi connectivity index (χ0v) is 11.2. The summed E-state index contributed by atoms with van der Waals surface area (Å²) in [5.41, 5.74) is 0.860. The molecular weight excluding hydrogens is 235 g/mol. The molecule has 0 N–H and O–H groups in total. The van der Waals surface area contributed by atoms with Crippen molar-refractivity contribution in [2.45, 2.75) is 32.3 Å². The number of carbonyl (C=O) groups excluding carboxylic acids is 1. The molecular formula is C14H19FO3. The fraction of sp³-hybridized carbons (Fsp3) is 0.500. The summed E-state index contributed by atoms with van der Waals surface area (Å²) in [7, 11) is 2.90. The summed E-state index contributed by atoms with van der Waals surface area (Å²) >= 11 is 0. The van der Waals surface area contributed by atoms with Crippen molar-refractivity contribution in [1.29, 1.82) is 0 Å². The van der Waals surface area contributed by atoms with Gasteiger partial charge in [-0.1, -0.05) is 6.07 Å². The van der Waals surface area contributed by atoms with E-state index < -0.39 is 5.60 Å². The second kappa shape index (κ2) is 5.96. The maximum Gasteiger partial charge on any atom is 0.305 e. The molecule has 0 radical (unpaired) electrons. The van der Waals surface area contributed by atoms with E-state index >= 15 is 0 Å². The predicted molar refractivity (Wildman–Crippen MR) is 66.7 cm³/mol. The standard InChI is InChI=1S/C14H19FO3/c1-10-7-11(9-12(15)8-10)14(2,18-4)6-5-13(16)17-3/h7-9H,5-6H2,1-4H3. The Balaban J connectivity index is 2.95. The van der Waals surface area contributed by atoms with Crippen LogP contribution in [0, 0.1) is 12.7 Å². The van der Waals surface area contributed by atoms with E-state index in [-0.39, 0.29) is 18.2 Å². The molecule has 3 nitrogen and oxygen atoms in total. The number of methoxy groups -OCH3 is 2. The summed E-state index contributed by atoms with van der Waals surface area (Å²) in [5.74, 6) is -0.599. The third-order valence-electron chi connectivity index (χ3n) is 3.14. The van der Waals surface area contributed by atoms with Gasteiger partial charge in [0.15, 0.2) is 0 Å². The van der Waals surface area contributed by atoms with E-state index in [4.69, 9.17) is 4.74 Å². The number of benzene rings is 1. The Morgan fingerprint density at radius 1 is 1.33 bits per heavy atom. The van der Waals surface area contributed by atoms with Crippen LogP contribution >= 0.6 is 0 Å². The predicted octanol–water partition coefficient (Wildman–Crippen LogP) is 2.95. The normalized spacial score (nSPS) is 14.1. The van der Waals surface area contributed by atoms with Gasteiger partial charge in [0.1, 0.15) is 5.82 Å². The van der Waals surface area contributed by atoms with Gasteiger partial charge in [0, 0.05) is 13.5 Å². The Hall–Kier alpha value is -1.42. The van der Waals surface area contributed by atoms with Crippen LogP contribution in [0.1, 0.15) is 30.9 Å². The van der Waals surface area contributed by atoms with Crippen LogP contribution in [-0.4, -0.2) is 20.2 Å². The number of hydrogen-bond donors (Lipinski definition) is 0. The van der Waals surface area contributed by atoms with Crippen LogP contribution in [0.3, 0.4) is 0 Å². The van der Waals surface area contributed by atoms with Gasteiger partial charge in [-0.05, 0) is 43.5 Å². The highest BCUT2D eigenvalue weighted by Gasteiger charge is 2.28. The van der Waals surface area contributed by atoms with E-state index in [1.54, 1.807) is 7.11 Å². The molecule has 0 saturated heterocycles. The maximum absolute atomic E-state index is 13.4. The number of hydrogen-bond acceptors (Lipinski definition) is 3. The Bertz CT molecular complexity index is 411. The molecule has 18 heavy (non-hydrogen) atoms. The third-order valence-corrected chi connectivity index (χ3v) is 3.14. The molecule has 0 spiro atoms. The molecule has 0 bridgehead atoms. The quantitative estimate of drug-likeness (QED) is 0.758. The molecule has 0 aliphatic heterocycles. The molecule has 100 valence electrons. The van der Waals surface area contributed by atoms with Gasteiger partial charge < -0.3 is 9.47 Å². The molecule has 1 aromatic rings. The largest absolute Gasteiger partial charge is 0.469 e. The molecule has 0 amide bonds. The van der Waals surface area contributed by atoms with Crippen LogP contribution < -0.4 is 0 Å².